The van der Waals surface area contributed by atoms with Crippen molar-refractivity contribution in [3.05, 3.63) is 72.8 Å². The van der Waals surface area contributed by atoms with E-state index >= 15 is 0 Å². The molecule has 0 bridgehead atoms. The molecule has 2 aromatic carbocycles. The first-order chi connectivity index (χ1) is 9.31. The molecule has 0 fully saturated rings. The molecule has 94 valence electrons. The van der Waals surface area contributed by atoms with Crippen molar-refractivity contribution in [2.75, 3.05) is 0 Å². The maximum absolute atomic E-state index is 5.49. The molecular weight excluding hydrogens is 235 g/mol. The molecule has 0 atom stereocenters. The van der Waals surface area contributed by atoms with E-state index in [4.69, 9.17) is 9.31 Å². The lowest BCUT2D eigenvalue weighted by Crippen LogP contribution is -2.10. The Morgan fingerprint density at radius 3 is 1.37 bits per heavy atom. The first kappa shape index (κ1) is 13.0. The highest BCUT2D eigenvalue weighted by atomic mass is 16.6. The van der Waals surface area contributed by atoms with Crippen LogP contribution in [0, 0.1) is 0 Å². The maximum Gasteiger partial charge on any atom is 0.576 e. The molecule has 0 radical (unpaired) electrons. The van der Waals surface area contributed by atoms with Gasteiger partial charge in [-0.05, 0) is 35.4 Å². The molecule has 0 N–H and O–H groups in total. The summed E-state index contributed by atoms with van der Waals surface area (Å²) >= 11 is 0. The molecule has 0 saturated carbocycles. The maximum atomic E-state index is 5.49. The van der Waals surface area contributed by atoms with Gasteiger partial charge in [-0.1, -0.05) is 49.6 Å². The predicted octanol–water partition coefficient (Wildman–Crippen LogP) is 3.70. The highest BCUT2D eigenvalue weighted by Crippen LogP contribution is 2.14. The molecule has 0 aromatic heterocycles. The van der Waals surface area contributed by atoms with Crippen LogP contribution in [-0.4, -0.2) is 7.69 Å². The third-order valence-electron chi connectivity index (χ3n) is 2.68. The van der Waals surface area contributed by atoms with Crippen molar-refractivity contribution < 1.29 is 9.31 Å². The lowest BCUT2D eigenvalue weighted by atomic mass is 10.2. The highest BCUT2D eigenvalue weighted by molar-refractivity contribution is 6.20. The topological polar surface area (TPSA) is 18.5 Å². The molecular formula is C16H15BO2. The van der Waals surface area contributed by atoms with Gasteiger partial charge in [0.25, 0.3) is 0 Å². The summed E-state index contributed by atoms with van der Waals surface area (Å²) in [4.78, 5) is 0. The third-order valence-corrected chi connectivity index (χ3v) is 2.68. The van der Waals surface area contributed by atoms with E-state index in [1.165, 1.54) is 0 Å². The second kappa shape index (κ2) is 6.50. The van der Waals surface area contributed by atoms with Crippen LogP contribution in [0.4, 0.5) is 0 Å². The molecule has 2 nitrogen and oxygen atoms in total. The normalized spacial score (nSPS) is 9.47. The predicted molar refractivity (Wildman–Crippen MR) is 81.5 cm³/mol. The van der Waals surface area contributed by atoms with Crippen LogP contribution in [0.25, 0.3) is 12.2 Å². The van der Waals surface area contributed by atoms with Crippen LogP contribution in [-0.2, 0) is 0 Å². The zero-order chi connectivity index (χ0) is 13.5. The Bertz CT molecular complexity index is 492. The van der Waals surface area contributed by atoms with E-state index in [9.17, 15) is 0 Å². The summed E-state index contributed by atoms with van der Waals surface area (Å²) < 4.78 is 11.0. The van der Waals surface area contributed by atoms with Crippen LogP contribution < -0.4 is 9.31 Å². The molecule has 0 spiro atoms. The van der Waals surface area contributed by atoms with E-state index in [1.807, 2.05) is 48.5 Å². The van der Waals surface area contributed by atoms with Gasteiger partial charge in [0.15, 0.2) is 0 Å². The molecule has 0 amide bonds. The van der Waals surface area contributed by atoms with E-state index in [2.05, 4.69) is 13.2 Å². The standard InChI is InChI=1S/C16H15BO2/c1-3-13-5-9-15(10-6-13)18-17-19-16-11-7-14(4-2)8-12-16/h3-12,17H,1-2H2. The number of benzene rings is 2. The average Bonchev–Trinajstić information content (AvgIpc) is 2.49. The first-order valence-corrected chi connectivity index (χ1v) is 6.02. The van der Waals surface area contributed by atoms with Crippen LogP contribution in [0.2, 0.25) is 0 Å². The minimum atomic E-state index is 0.181. The third kappa shape index (κ3) is 3.78. The Morgan fingerprint density at radius 1 is 0.684 bits per heavy atom. The summed E-state index contributed by atoms with van der Waals surface area (Å²) in [7, 11) is 0.181. The fraction of sp³-hybridized carbons (Fsp3) is 0. The summed E-state index contributed by atoms with van der Waals surface area (Å²) in [5.41, 5.74) is 2.13. The van der Waals surface area contributed by atoms with Crippen LogP contribution in [0.15, 0.2) is 61.7 Å². The van der Waals surface area contributed by atoms with Gasteiger partial charge in [-0.2, -0.15) is 0 Å². The summed E-state index contributed by atoms with van der Waals surface area (Å²) in [5, 5.41) is 0. The van der Waals surface area contributed by atoms with Crippen molar-refractivity contribution in [1.82, 2.24) is 0 Å². The lowest BCUT2D eigenvalue weighted by Gasteiger charge is -2.07. The van der Waals surface area contributed by atoms with Crippen LogP contribution in [0.5, 0.6) is 11.5 Å². The minimum Gasteiger partial charge on any atom is -0.529 e. The van der Waals surface area contributed by atoms with E-state index < -0.39 is 0 Å². The first-order valence-electron chi connectivity index (χ1n) is 6.02. The second-order valence-electron chi connectivity index (χ2n) is 3.95. The quantitative estimate of drug-likeness (QED) is 0.728. The molecule has 0 aliphatic heterocycles. The Balaban J connectivity index is 1.84. The second-order valence-corrected chi connectivity index (χ2v) is 3.95. The van der Waals surface area contributed by atoms with Gasteiger partial charge in [-0.3, -0.25) is 0 Å². The van der Waals surface area contributed by atoms with Gasteiger partial charge in [0.05, 0.1) is 0 Å². The molecule has 0 unspecified atom stereocenters. The minimum absolute atomic E-state index is 0.181. The summed E-state index contributed by atoms with van der Waals surface area (Å²) in [6, 6.07) is 15.3. The fourth-order valence-corrected chi connectivity index (χ4v) is 1.57. The molecule has 0 saturated heterocycles. The summed E-state index contributed by atoms with van der Waals surface area (Å²) in [6.45, 7) is 7.41. The highest BCUT2D eigenvalue weighted by Gasteiger charge is 1.99. The molecule has 3 heteroatoms. The van der Waals surface area contributed by atoms with Crippen LogP contribution in [0.1, 0.15) is 11.1 Å². The van der Waals surface area contributed by atoms with Crippen LogP contribution >= 0.6 is 0 Å². The van der Waals surface area contributed by atoms with Gasteiger partial charge in [-0.25, -0.2) is 0 Å². The molecule has 19 heavy (non-hydrogen) atoms. The Kier molecular flexibility index (Phi) is 4.46. The summed E-state index contributed by atoms with van der Waals surface area (Å²) in [5.74, 6) is 1.54. The zero-order valence-electron chi connectivity index (χ0n) is 10.7. The van der Waals surface area contributed by atoms with E-state index in [0.717, 1.165) is 22.6 Å². The van der Waals surface area contributed by atoms with Crippen molar-refractivity contribution in [3.63, 3.8) is 0 Å². The van der Waals surface area contributed by atoms with E-state index in [0.29, 0.717) is 0 Å². The van der Waals surface area contributed by atoms with Gasteiger partial charge in [0.1, 0.15) is 11.5 Å². The van der Waals surface area contributed by atoms with Gasteiger partial charge < -0.3 is 9.31 Å². The molecule has 2 aromatic rings. The van der Waals surface area contributed by atoms with Gasteiger partial charge >= 0.3 is 7.69 Å². The largest absolute Gasteiger partial charge is 0.576 e. The molecule has 0 heterocycles. The van der Waals surface area contributed by atoms with Crippen molar-refractivity contribution in [2.45, 2.75) is 0 Å². The van der Waals surface area contributed by atoms with Crippen LogP contribution in [0.3, 0.4) is 0 Å². The Hall–Kier alpha value is -2.42. The monoisotopic (exact) mass is 250 g/mol. The van der Waals surface area contributed by atoms with Crippen molar-refractivity contribution in [2.24, 2.45) is 0 Å². The lowest BCUT2D eigenvalue weighted by molar-refractivity contribution is 0.459. The fourth-order valence-electron chi connectivity index (χ4n) is 1.57. The zero-order valence-corrected chi connectivity index (χ0v) is 10.7. The number of rotatable bonds is 6. The van der Waals surface area contributed by atoms with E-state index in [-0.39, 0.29) is 7.69 Å². The van der Waals surface area contributed by atoms with Gasteiger partial charge in [0.2, 0.25) is 0 Å². The Morgan fingerprint density at radius 2 is 1.05 bits per heavy atom. The van der Waals surface area contributed by atoms with Gasteiger partial charge in [0, 0.05) is 0 Å². The van der Waals surface area contributed by atoms with E-state index in [1.54, 1.807) is 12.2 Å². The van der Waals surface area contributed by atoms with Crippen molar-refractivity contribution in [1.29, 1.82) is 0 Å². The Labute approximate surface area is 114 Å². The van der Waals surface area contributed by atoms with Crippen molar-refractivity contribution >= 4 is 19.8 Å². The average molecular weight is 250 g/mol. The SMILES string of the molecule is C=Cc1ccc(OBOc2ccc(C=C)cc2)cc1. The number of hydrogen-bond donors (Lipinski definition) is 0. The summed E-state index contributed by atoms with van der Waals surface area (Å²) in [6.07, 6.45) is 3.59. The molecule has 2 rings (SSSR count). The smallest absolute Gasteiger partial charge is 0.529 e. The van der Waals surface area contributed by atoms with Crippen molar-refractivity contribution in [3.8, 4) is 11.5 Å². The number of hydrogen-bond acceptors (Lipinski definition) is 2. The molecule has 0 aliphatic carbocycles. The van der Waals surface area contributed by atoms with Gasteiger partial charge in [-0.15, -0.1) is 0 Å². The molecule has 0 aliphatic rings.